The zero-order valence-electron chi connectivity index (χ0n) is 17.2. The molecule has 0 spiro atoms. The maximum Gasteiger partial charge on any atom is 0.463 e. The molecule has 0 aliphatic carbocycles. The van der Waals surface area contributed by atoms with Crippen LogP contribution < -0.4 is 0 Å². The molecule has 9 nitrogen and oxygen atoms in total. The molecule has 0 amide bonds. The summed E-state index contributed by atoms with van der Waals surface area (Å²) < 4.78 is 20.4. The third-order valence-corrected chi connectivity index (χ3v) is 3.25. The van der Waals surface area contributed by atoms with Crippen molar-refractivity contribution in [1.82, 2.24) is 0 Å². The first kappa shape index (κ1) is 25.8. The first-order valence-electron chi connectivity index (χ1n) is 8.42. The Morgan fingerprint density at radius 2 is 1.21 bits per heavy atom. The Bertz CT molecular complexity index is 730. The van der Waals surface area contributed by atoms with Gasteiger partial charge in [-0.05, 0) is 40.7 Å². The summed E-state index contributed by atoms with van der Waals surface area (Å²) in [6.45, 7) is 16.2. The lowest BCUT2D eigenvalue weighted by Crippen LogP contribution is -2.54. The van der Waals surface area contributed by atoms with Gasteiger partial charge in [0.05, 0.1) is 6.61 Å². The normalized spacial score (nSPS) is 12.3. The monoisotopic (exact) mass is 410 g/mol. The van der Waals surface area contributed by atoms with Gasteiger partial charge >= 0.3 is 29.9 Å². The van der Waals surface area contributed by atoms with E-state index in [0.29, 0.717) is 0 Å². The summed E-state index contributed by atoms with van der Waals surface area (Å²) in [6.07, 6.45) is -0.497. The molecule has 0 bridgehead atoms. The smallest absolute Gasteiger partial charge is 0.446 e. The Morgan fingerprint density at radius 1 is 0.828 bits per heavy atom. The lowest BCUT2D eigenvalue weighted by Gasteiger charge is -2.35. The van der Waals surface area contributed by atoms with Crippen LogP contribution in [0.1, 0.15) is 34.6 Å². The Hall–Kier alpha value is -3.20. The number of carbonyl (C=O) groups is 4. The molecule has 1 atom stereocenters. The maximum absolute atomic E-state index is 12.4. The van der Waals surface area contributed by atoms with E-state index in [1.165, 1.54) is 34.6 Å². The fourth-order valence-electron chi connectivity index (χ4n) is 1.51. The van der Waals surface area contributed by atoms with E-state index < -0.39 is 42.6 Å². The third kappa shape index (κ3) is 7.74. The molecule has 0 heterocycles. The molecule has 1 N–H and O–H groups in total. The summed E-state index contributed by atoms with van der Waals surface area (Å²) >= 11 is 0. The molecule has 9 heteroatoms. The van der Waals surface area contributed by atoms with Crippen LogP contribution in [0.4, 0.5) is 0 Å². The summed E-state index contributed by atoms with van der Waals surface area (Å²) in [5.74, 6) is -7.00. The highest BCUT2D eigenvalue weighted by Crippen LogP contribution is 2.28. The molecule has 0 aliphatic heterocycles. The van der Waals surface area contributed by atoms with Crippen LogP contribution in [0.2, 0.25) is 0 Å². The van der Waals surface area contributed by atoms with Gasteiger partial charge in [0.2, 0.25) is 6.10 Å². The molecule has 0 fully saturated rings. The topological polar surface area (TPSA) is 125 Å². The number of hydrogen-bond acceptors (Lipinski definition) is 9. The minimum atomic E-state index is -2.79. The van der Waals surface area contributed by atoms with Crippen molar-refractivity contribution < 1.29 is 43.2 Å². The zero-order chi connectivity index (χ0) is 22.9. The Morgan fingerprint density at radius 3 is 1.55 bits per heavy atom. The molecule has 0 rings (SSSR count). The van der Waals surface area contributed by atoms with E-state index >= 15 is 0 Å². The summed E-state index contributed by atoms with van der Waals surface area (Å²) in [5.41, 5.74) is -0.324. The predicted molar refractivity (Wildman–Crippen MR) is 102 cm³/mol. The van der Waals surface area contributed by atoms with Crippen molar-refractivity contribution in [1.29, 1.82) is 0 Å². The third-order valence-electron chi connectivity index (χ3n) is 3.25. The number of hydrogen-bond donors (Lipinski definition) is 1. The second kappa shape index (κ2) is 11.0. The van der Waals surface area contributed by atoms with Crippen molar-refractivity contribution in [2.75, 3.05) is 6.61 Å². The van der Waals surface area contributed by atoms with Crippen molar-refractivity contribution >= 4 is 23.9 Å². The summed E-state index contributed by atoms with van der Waals surface area (Å²) in [7, 11) is 0. The molecule has 0 aromatic heterocycles. The number of carbonyl (C=O) groups excluding carboxylic acids is 4. The van der Waals surface area contributed by atoms with Crippen LogP contribution >= 0.6 is 0 Å². The average Bonchev–Trinajstić information content (AvgIpc) is 2.60. The standard InChI is InChI=1S/C20H26O9/c1-11(2)16(22)26-15(8)20(27-17(23)12(3)4,28-18(24)13(5)6)29-19(25)14(7)9-10-21/h9,15,21H,1,3,5,10H2,2,4,6-8H3/b14-9+. The van der Waals surface area contributed by atoms with Crippen LogP contribution in [0.3, 0.4) is 0 Å². The Balaban J connectivity index is 6.35. The number of aliphatic hydroxyl groups is 1. The van der Waals surface area contributed by atoms with Gasteiger partial charge in [-0.1, -0.05) is 19.7 Å². The molecule has 0 aliphatic rings. The van der Waals surface area contributed by atoms with Crippen LogP contribution in [0.25, 0.3) is 0 Å². The first-order chi connectivity index (χ1) is 13.3. The number of rotatable bonds is 10. The Labute approximate surface area is 169 Å². The molecule has 1 unspecified atom stereocenters. The fraction of sp³-hybridized carbons (Fsp3) is 0.400. The molecule has 160 valence electrons. The minimum Gasteiger partial charge on any atom is -0.446 e. The fourth-order valence-corrected chi connectivity index (χ4v) is 1.51. The lowest BCUT2D eigenvalue weighted by molar-refractivity contribution is -0.357. The second-order valence-corrected chi connectivity index (χ2v) is 6.23. The van der Waals surface area contributed by atoms with Gasteiger partial charge in [0.15, 0.2) is 0 Å². The van der Waals surface area contributed by atoms with Crippen LogP contribution in [-0.4, -0.2) is 47.7 Å². The summed E-state index contributed by atoms with van der Waals surface area (Å²) in [6, 6.07) is 0. The van der Waals surface area contributed by atoms with E-state index in [0.717, 1.165) is 6.08 Å². The van der Waals surface area contributed by atoms with Gasteiger partial charge in [-0.15, -0.1) is 0 Å². The minimum absolute atomic E-state index is 0.00844. The highest BCUT2D eigenvalue weighted by molar-refractivity contribution is 5.91. The van der Waals surface area contributed by atoms with Crippen LogP contribution in [0.15, 0.2) is 48.1 Å². The SMILES string of the molecule is C=C(C)C(=O)OC(C)C(OC(=O)C(=C)C)(OC(=O)C(=C)C)OC(=O)/C(C)=C/CO. The van der Waals surface area contributed by atoms with Crippen molar-refractivity contribution in [2.45, 2.75) is 46.7 Å². The van der Waals surface area contributed by atoms with Crippen LogP contribution in [-0.2, 0) is 38.1 Å². The molecular weight excluding hydrogens is 384 g/mol. The van der Waals surface area contributed by atoms with Crippen molar-refractivity contribution in [3.05, 3.63) is 48.1 Å². The van der Waals surface area contributed by atoms with Gasteiger partial charge < -0.3 is 24.1 Å². The zero-order valence-corrected chi connectivity index (χ0v) is 17.2. The molecule has 0 saturated carbocycles. The van der Waals surface area contributed by atoms with Crippen molar-refractivity contribution in [2.24, 2.45) is 0 Å². The summed E-state index contributed by atoms with van der Waals surface area (Å²) in [4.78, 5) is 48.7. The van der Waals surface area contributed by atoms with Gasteiger partial charge in [0, 0.05) is 22.3 Å². The molecule has 0 aromatic carbocycles. The highest BCUT2D eigenvalue weighted by Gasteiger charge is 2.52. The van der Waals surface area contributed by atoms with E-state index in [9.17, 15) is 19.2 Å². The highest BCUT2D eigenvalue weighted by atomic mass is 16.9. The van der Waals surface area contributed by atoms with Crippen molar-refractivity contribution in [3.8, 4) is 0 Å². The van der Waals surface area contributed by atoms with Crippen LogP contribution in [0, 0.1) is 0 Å². The molecular formula is C20H26O9. The number of esters is 4. The quantitative estimate of drug-likeness (QED) is 0.326. The number of ether oxygens (including phenoxy) is 4. The van der Waals surface area contributed by atoms with E-state index in [1.807, 2.05) is 0 Å². The molecule has 0 saturated heterocycles. The van der Waals surface area contributed by atoms with Gasteiger partial charge in [-0.25, -0.2) is 19.2 Å². The molecule has 29 heavy (non-hydrogen) atoms. The van der Waals surface area contributed by atoms with E-state index in [4.69, 9.17) is 24.1 Å². The van der Waals surface area contributed by atoms with E-state index in [1.54, 1.807) is 0 Å². The Kier molecular flexibility index (Phi) is 9.75. The lowest BCUT2D eigenvalue weighted by atomic mass is 10.2. The summed E-state index contributed by atoms with van der Waals surface area (Å²) in [5, 5.41) is 8.95. The van der Waals surface area contributed by atoms with Gasteiger partial charge in [-0.3, -0.25) is 0 Å². The largest absolute Gasteiger partial charge is 0.463 e. The predicted octanol–water partition coefficient (Wildman–Crippen LogP) is 1.87. The van der Waals surface area contributed by atoms with Crippen molar-refractivity contribution in [3.63, 3.8) is 0 Å². The van der Waals surface area contributed by atoms with Gasteiger partial charge in [0.25, 0.3) is 0 Å². The number of aliphatic hydroxyl groups excluding tert-OH is 1. The maximum atomic E-state index is 12.4. The second-order valence-electron chi connectivity index (χ2n) is 6.23. The van der Waals surface area contributed by atoms with Gasteiger partial charge in [-0.2, -0.15) is 0 Å². The van der Waals surface area contributed by atoms with Gasteiger partial charge in [0.1, 0.15) is 0 Å². The van der Waals surface area contributed by atoms with E-state index in [-0.39, 0.29) is 22.3 Å². The molecule has 0 aromatic rings. The molecule has 0 radical (unpaired) electrons. The van der Waals surface area contributed by atoms with E-state index in [2.05, 4.69) is 19.7 Å². The first-order valence-corrected chi connectivity index (χ1v) is 8.42. The van der Waals surface area contributed by atoms with Crippen LogP contribution in [0.5, 0.6) is 0 Å². The average molecular weight is 410 g/mol.